The molecule has 1 heterocycles. The third kappa shape index (κ3) is 3.38. The Morgan fingerprint density at radius 2 is 1.86 bits per heavy atom. The fraction of sp³-hybridized carbons (Fsp3) is 0.250. The molecule has 1 aromatic carbocycles. The van der Waals surface area contributed by atoms with Crippen molar-refractivity contribution in [3.63, 3.8) is 0 Å². The Kier molecular flexibility index (Phi) is 5.04. The second kappa shape index (κ2) is 7.18. The van der Waals surface area contributed by atoms with E-state index < -0.39 is 0 Å². The Labute approximate surface area is 129 Å². The van der Waals surface area contributed by atoms with E-state index in [9.17, 15) is 4.79 Å². The average molecular weight is 295 g/mol. The monoisotopic (exact) mass is 295 g/mol. The van der Waals surface area contributed by atoms with Crippen molar-refractivity contribution < 1.29 is 4.79 Å². The van der Waals surface area contributed by atoms with Gasteiger partial charge < -0.3 is 10.2 Å². The van der Waals surface area contributed by atoms with Gasteiger partial charge in [0.1, 0.15) is 6.07 Å². The van der Waals surface area contributed by atoms with Crippen molar-refractivity contribution in [3.05, 3.63) is 47.8 Å². The van der Waals surface area contributed by atoms with E-state index >= 15 is 0 Å². The molecule has 1 aromatic heterocycles. The van der Waals surface area contributed by atoms with Crippen LogP contribution in [0.4, 0.5) is 11.6 Å². The van der Waals surface area contributed by atoms with Gasteiger partial charge in [0.05, 0.1) is 16.8 Å². The molecule has 0 saturated carbocycles. The number of hydrogen-bond acceptors (Lipinski definition) is 5. The minimum atomic E-state index is -0.0889. The van der Waals surface area contributed by atoms with Gasteiger partial charge in [0, 0.05) is 25.5 Å². The van der Waals surface area contributed by atoms with Crippen molar-refractivity contribution >= 4 is 17.5 Å². The number of anilines is 2. The summed E-state index contributed by atoms with van der Waals surface area (Å²) in [7, 11) is 0. The van der Waals surface area contributed by atoms with Crippen LogP contribution in [0.15, 0.2) is 36.7 Å². The van der Waals surface area contributed by atoms with Gasteiger partial charge in [0.2, 0.25) is 5.95 Å². The summed E-state index contributed by atoms with van der Waals surface area (Å²) in [4.78, 5) is 22.1. The molecule has 2 rings (SSSR count). The maximum Gasteiger partial charge on any atom is 0.256 e. The summed E-state index contributed by atoms with van der Waals surface area (Å²) in [5, 5.41) is 12.0. The zero-order valence-electron chi connectivity index (χ0n) is 12.6. The SMILES string of the molecule is CCN(CC)C(=O)c1cnc(Nc2ccccc2C#N)nc1. The van der Waals surface area contributed by atoms with E-state index in [1.165, 1.54) is 12.4 Å². The molecule has 0 atom stereocenters. The van der Waals surface area contributed by atoms with E-state index in [1.807, 2.05) is 19.9 Å². The molecular weight excluding hydrogens is 278 g/mol. The number of nitriles is 1. The van der Waals surface area contributed by atoms with Gasteiger partial charge in [0.15, 0.2) is 0 Å². The fourth-order valence-electron chi connectivity index (χ4n) is 2.01. The summed E-state index contributed by atoms with van der Waals surface area (Å²) in [6.45, 7) is 5.14. The van der Waals surface area contributed by atoms with Crippen LogP contribution in [0.2, 0.25) is 0 Å². The summed E-state index contributed by atoms with van der Waals surface area (Å²) in [6.07, 6.45) is 2.98. The Hall–Kier alpha value is -2.94. The first-order valence-electron chi connectivity index (χ1n) is 7.07. The normalized spacial score (nSPS) is 9.86. The molecule has 0 saturated heterocycles. The van der Waals surface area contributed by atoms with Crippen LogP contribution < -0.4 is 5.32 Å². The predicted molar refractivity (Wildman–Crippen MR) is 83.7 cm³/mol. The zero-order valence-corrected chi connectivity index (χ0v) is 12.6. The number of benzene rings is 1. The number of aromatic nitrogens is 2. The van der Waals surface area contributed by atoms with Crippen molar-refractivity contribution in [1.29, 1.82) is 5.26 Å². The maximum atomic E-state index is 12.2. The summed E-state index contributed by atoms with van der Waals surface area (Å²) >= 11 is 0. The zero-order chi connectivity index (χ0) is 15.9. The lowest BCUT2D eigenvalue weighted by atomic mass is 10.2. The maximum absolute atomic E-state index is 12.2. The van der Waals surface area contributed by atoms with Crippen LogP contribution in [0.5, 0.6) is 0 Å². The first kappa shape index (κ1) is 15.4. The van der Waals surface area contributed by atoms with E-state index in [0.717, 1.165) is 0 Å². The van der Waals surface area contributed by atoms with Gasteiger partial charge in [-0.05, 0) is 26.0 Å². The van der Waals surface area contributed by atoms with Crippen LogP contribution in [-0.4, -0.2) is 33.9 Å². The summed E-state index contributed by atoms with van der Waals surface area (Å²) < 4.78 is 0. The molecule has 2 aromatic rings. The lowest BCUT2D eigenvalue weighted by Crippen LogP contribution is -2.30. The standard InChI is InChI=1S/C16H17N5O/c1-3-21(4-2)15(22)13-10-18-16(19-11-13)20-14-8-6-5-7-12(14)9-17/h5-8,10-11H,3-4H2,1-2H3,(H,18,19,20). The van der Waals surface area contributed by atoms with Gasteiger partial charge in [-0.1, -0.05) is 12.1 Å². The minimum absolute atomic E-state index is 0.0889. The van der Waals surface area contributed by atoms with Crippen LogP contribution in [0.1, 0.15) is 29.8 Å². The first-order chi connectivity index (χ1) is 10.7. The summed E-state index contributed by atoms with van der Waals surface area (Å²) in [5.74, 6) is 0.257. The predicted octanol–water partition coefficient (Wildman–Crippen LogP) is 2.57. The molecule has 0 fully saturated rings. The molecule has 0 aliphatic rings. The summed E-state index contributed by atoms with van der Waals surface area (Å²) in [6, 6.07) is 9.19. The van der Waals surface area contributed by atoms with Crippen molar-refractivity contribution in [2.75, 3.05) is 18.4 Å². The minimum Gasteiger partial charge on any atom is -0.339 e. The van der Waals surface area contributed by atoms with E-state index in [2.05, 4.69) is 21.4 Å². The topological polar surface area (TPSA) is 81.9 Å². The number of para-hydroxylation sites is 1. The Morgan fingerprint density at radius 1 is 1.23 bits per heavy atom. The van der Waals surface area contributed by atoms with Crippen LogP contribution in [0.3, 0.4) is 0 Å². The molecular formula is C16H17N5O. The molecule has 0 aliphatic carbocycles. The number of amides is 1. The summed E-state index contributed by atoms with van der Waals surface area (Å²) in [5.41, 5.74) is 1.59. The largest absolute Gasteiger partial charge is 0.339 e. The van der Waals surface area contributed by atoms with E-state index in [-0.39, 0.29) is 5.91 Å². The quantitative estimate of drug-likeness (QED) is 0.916. The first-order valence-corrected chi connectivity index (χ1v) is 7.07. The molecule has 6 nitrogen and oxygen atoms in total. The smallest absolute Gasteiger partial charge is 0.256 e. The lowest BCUT2D eigenvalue weighted by Gasteiger charge is -2.18. The van der Waals surface area contributed by atoms with E-state index in [1.54, 1.807) is 23.1 Å². The van der Waals surface area contributed by atoms with Crippen molar-refractivity contribution in [2.45, 2.75) is 13.8 Å². The average Bonchev–Trinajstić information content (AvgIpc) is 2.57. The number of nitrogens with one attached hydrogen (secondary N) is 1. The van der Waals surface area contributed by atoms with Gasteiger partial charge in [-0.25, -0.2) is 9.97 Å². The Balaban J connectivity index is 2.16. The highest BCUT2D eigenvalue weighted by Crippen LogP contribution is 2.17. The van der Waals surface area contributed by atoms with Gasteiger partial charge in [-0.2, -0.15) is 5.26 Å². The molecule has 0 spiro atoms. The molecule has 0 radical (unpaired) electrons. The lowest BCUT2D eigenvalue weighted by molar-refractivity contribution is 0.0772. The second-order valence-electron chi connectivity index (χ2n) is 4.56. The highest BCUT2D eigenvalue weighted by Gasteiger charge is 2.13. The number of carbonyl (C=O) groups is 1. The molecule has 112 valence electrons. The van der Waals surface area contributed by atoms with Gasteiger partial charge in [-0.3, -0.25) is 4.79 Å². The van der Waals surface area contributed by atoms with Crippen LogP contribution >= 0.6 is 0 Å². The highest BCUT2D eigenvalue weighted by atomic mass is 16.2. The number of nitrogens with zero attached hydrogens (tertiary/aromatic N) is 4. The van der Waals surface area contributed by atoms with E-state index in [4.69, 9.17) is 5.26 Å². The third-order valence-electron chi connectivity index (χ3n) is 3.24. The van der Waals surface area contributed by atoms with Crippen LogP contribution in [0.25, 0.3) is 0 Å². The second-order valence-corrected chi connectivity index (χ2v) is 4.56. The number of rotatable bonds is 5. The molecule has 1 N–H and O–H groups in total. The number of carbonyl (C=O) groups excluding carboxylic acids is 1. The molecule has 0 bridgehead atoms. The van der Waals surface area contributed by atoms with Crippen LogP contribution in [-0.2, 0) is 0 Å². The third-order valence-corrected chi connectivity index (χ3v) is 3.24. The fourth-order valence-corrected chi connectivity index (χ4v) is 2.01. The van der Waals surface area contributed by atoms with Crippen molar-refractivity contribution in [1.82, 2.24) is 14.9 Å². The van der Waals surface area contributed by atoms with Gasteiger partial charge >= 0.3 is 0 Å². The molecule has 6 heteroatoms. The molecule has 0 aliphatic heterocycles. The van der Waals surface area contributed by atoms with Crippen molar-refractivity contribution in [2.24, 2.45) is 0 Å². The van der Waals surface area contributed by atoms with Crippen molar-refractivity contribution in [3.8, 4) is 6.07 Å². The molecule has 0 unspecified atom stereocenters. The van der Waals surface area contributed by atoms with E-state index in [0.29, 0.717) is 35.9 Å². The molecule has 1 amide bonds. The number of hydrogen-bond donors (Lipinski definition) is 1. The highest BCUT2D eigenvalue weighted by molar-refractivity contribution is 5.93. The Bertz CT molecular complexity index is 686. The Morgan fingerprint density at radius 3 is 2.45 bits per heavy atom. The van der Waals surface area contributed by atoms with Crippen LogP contribution in [0, 0.1) is 11.3 Å². The molecule has 22 heavy (non-hydrogen) atoms. The van der Waals surface area contributed by atoms with Gasteiger partial charge in [0.25, 0.3) is 5.91 Å². The van der Waals surface area contributed by atoms with Gasteiger partial charge in [-0.15, -0.1) is 0 Å².